The van der Waals surface area contributed by atoms with Gasteiger partial charge in [0.2, 0.25) is 0 Å². The third-order valence-corrected chi connectivity index (χ3v) is 0.402. The molecule has 0 aromatic rings. The van der Waals surface area contributed by atoms with Crippen molar-refractivity contribution < 1.29 is 8.22 Å². The molecule has 6 heavy (non-hydrogen) atoms. The van der Waals surface area contributed by atoms with Gasteiger partial charge in [-0.1, -0.05) is 19.8 Å². The summed E-state index contributed by atoms with van der Waals surface area (Å²) in [6, 6.07) is 0. The Bertz CT molecular complexity index is 138. The average Bonchev–Trinajstić information content (AvgIpc) is 1.77. The molecule has 0 aliphatic heterocycles. The van der Waals surface area contributed by atoms with Gasteiger partial charge in [-0.05, 0) is 12.3 Å². The molecule has 0 spiro atoms. The SMILES string of the molecule is [2H]C([2H])([2H])C(CC=C)C([2H])([2H])[2H]. The maximum Gasteiger partial charge on any atom is 0.0233 e. The Morgan fingerprint density at radius 1 is 2.00 bits per heavy atom. The molecule has 0 radical (unpaired) electrons. The summed E-state index contributed by atoms with van der Waals surface area (Å²) in [5, 5.41) is 0. The molecule has 0 atom stereocenters. The molecule has 0 heteroatoms. The lowest BCUT2D eigenvalue weighted by molar-refractivity contribution is 0.664. The van der Waals surface area contributed by atoms with Crippen LogP contribution in [-0.2, 0) is 0 Å². The van der Waals surface area contributed by atoms with Gasteiger partial charge in [0.25, 0.3) is 0 Å². The van der Waals surface area contributed by atoms with Crippen LogP contribution in [0.3, 0.4) is 0 Å². The zero-order valence-electron chi connectivity index (χ0n) is 9.57. The molecule has 0 aliphatic carbocycles. The molecule has 0 saturated heterocycles. The molecule has 0 heterocycles. The van der Waals surface area contributed by atoms with Crippen LogP contribution >= 0.6 is 0 Å². The molecule has 0 aliphatic rings. The van der Waals surface area contributed by atoms with E-state index in [1.165, 1.54) is 6.08 Å². The molecular weight excluding hydrogens is 72.1 g/mol. The van der Waals surface area contributed by atoms with Crippen LogP contribution in [0.25, 0.3) is 0 Å². The minimum Gasteiger partial charge on any atom is -0.103 e. The van der Waals surface area contributed by atoms with E-state index in [1.807, 2.05) is 0 Å². The molecule has 0 nitrogen and oxygen atoms in total. The van der Waals surface area contributed by atoms with Crippen LogP contribution in [-0.4, -0.2) is 0 Å². The molecule has 0 amide bonds. The van der Waals surface area contributed by atoms with Gasteiger partial charge in [0, 0.05) is 8.22 Å². The molecular formula is C6H12. The lowest BCUT2D eigenvalue weighted by Gasteiger charge is -1.92. The van der Waals surface area contributed by atoms with E-state index in [0.29, 0.717) is 0 Å². The van der Waals surface area contributed by atoms with E-state index in [4.69, 9.17) is 8.22 Å². The van der Waals surface area contributed by atoms with Crippen LogP contribution in [0.5, 0.6) is 0 Å². The Hall–Kier alpha value is -0.260. The summed E-state index contributed by atoms with van der Waals surface area (Å²) in [6.07, 6.45) is 1.32. The number of allylic oxidation sites excluding steroid dienone is 1. The molecule has 0 N–H and O–H groups in total. The minimum absolute atomic E-state index is 0.00694. The Labute approximate surface area is 48.3 Å². The minimum atomic E-state index is -2.43. The predicted octanol–water partition coefficient (Wildman–Crippen LogP) is 2.22. The van der Waals surface area contributed by atoms with Crippen molar-refractivity contribution in [2.24, 2.45) is 5.92 Å². The van der Waals surface area contributed by atoms with Gasteiger partial charge >= 0.3 is 0 Å². The maximum atomic E-state index is 6.97. The van der Waals surface area contributed by atoms with Crippen LogP contribution in [0, 0.1) is 5.92 Å². The van der Waals surface area contributed by atoms with Crippen LogP contribution < -0.4 is 0 Å². The quantitative estimate of drug-likeness (QED) is 0.456. The van der Waals surface area contributed by atoms with Crippen molar-refractivity contribution in [2.75, 3.05) is 0 Å². The van der Waals surface area contributed by atoms with E-state index in [2.05, 4.69) is 6.58 Å². The van der Waals surface area contributed by atoms with E-state index in [1.54, 1.807) is 0 Å². The number of rotatable bonds is 2. The van der Waals surface area contributed by atoms with Crippen LogP contribution in [0.1, 0.15) is 28.3 Å². The molecule has 0 rings (SSSR count). The highest BCUT2D eigenvalue weighted by Gasteiger charge is 1.82. The van der Waals surface area contributed by atoms with Crippen molar-refractivity contribution in [3.8, 4) is 0 Å². The molecule has 0 fully saturated rings. The predicted molar refractivity (Wildman–Crippen MR) is 29.7 cm³/mol. The molecule has 36 valence electrons. The highest BCUT2D eigenvalue weighted by atomic mass is 13.9. The summed E-state index contributed by atoms with van der Waals surface area (Å²) in [6.45, 7) is -1.53. The molecule has 0 aromatic heterocycles. The second-order valence-corrected chi connectivity index (χ2v) is 1.08. The van der Waals surface area contributed by atoms with Gasteiger partial charge in [0.1, 0.15) is 0 Å². The first-order chi connectivity index (χ1) is 5.19. The fourth-order valence-electron chi connectivity index (χ4n) is 0.167. The number of hydrogen-bond acceptors (Lipinski definition) is 0. The van der Waals surface area contributed by atoms with Gasteiger partial charge in [-0.2, -0.15) is 0 Å². The summed E-state index contributed by atoms with van der Waals surface area (Å²) in [7, 11) is 0. The van der Waals surface area contributed by atoms with Gasteiger partial charge in [-0.25, -0.2) is 0 Å². The van der Waals surface area contributed by atoms with Crippen LogP contribution in [0.15, 0.2) is 12.7 Å². The monoisotopic (exact) mass is 90.1 g/mol. The van der Waals surface area contributed by atoms with Crippen LogP contribution in [0.2, 0.25) is 0 Å². The summed E-state index contributed by atoms with van der Waals surface area (Å²) in [5.74, 6) is -1.29. The van der Waals surface area contributed by atoms with Crippen molar-refractivity contribution in [1.82, 2.24) is 0 Å². The molecule has 0 unspecified atom stereocenters. The second-order valence-electron chi connectivity index (χ2n) is 1.08. The van der Waals surface area contributed by atoms with Crippen molar-refractivity contribution in [3.05, 3.63) is 12.7 Å². The first-order valence-electron chi connectivity index (χ1n) is 4.80. The van der Waals surface area contributed by atoms with E-state index < -0.39 is 19.6 Å². The van der Waals surface area contributed by atoms with E-state index in [9.17, 15) is 0 Å². The van der Waals surface area contributed by atoms with Gasteiger partial charge in [0.15, 0.2) is 0 Å². The normalized spacial score (nSPS) is 28.2. The summed E-state index contributed by atoms with van der Waals surface area (Å²) in [5.41, 5.74) is 0. The van der Waals surface area contributed by atoms with Crippen molar-refractivity contribution in [1.29, 1.82) is 0 Å². The van der Waals surface area contributed by atoms with E-state index in [-0.39, 0.29) is 6.42 Å². The van der Waals surface area contributed by atoms with Crippen molar-refractivity contribution >= 4 is 0 Å². The smallest absolute Gasteiger partial charge is 0.0233 e. The third-order valence-electron chi connectivity index (χ3n) is 0.402. The number of hydrogen-bond donors (Lipinski definition) is 0. The summed E-state index contributed by atoms with van der Waals surface area (Å²) < 4.78 is 41.8. The van der Waals surface area contributed by atoms with Gasteiger partial charge in [-0.15, -0.1) is 6.58 Å². The Kier molecular flexibility index (Phi) is 0.550. The first-order valence-corrected chi connectivity index (χ1v) is 1.80. The zero-order valence-corrected chi connectivity index (χ0v) is 3.57. The van der Waals surface area contributed by atoms with Crippen LogP contribution in [0.4, 0.5) is 0 Å². The Morgan fingerprint density at radius 3 is 2.83 bits per heavy atom. The second kappa shape index (κ2) is 2.95. The van der Waals surface area contributed by atoms with E-state index >= 15 is 0 Å². The first kappa shape index (κ1) is 1.12. The topological polar surface area (TPSA) is 0 Å². The Morgan fingerprint density at radius 2 is 2.67 bits per heavy atom. The fourth-order valence-corrected chi connectivity index (χ4v) is 0.167. The average molecular weight is 90.2 g/mol. The van der Waals surface area contributed by atoms with Crippen molar-refractivity contribution in [2.45, 2.75) is 20.1 Å². The van der Waals surface area contributed by atoms with Gasteiger partial charge < -0.3 is 0 Å². The highest BCUT2D eigenvalue weighted by Crippen LogP contribution is 1.96. The molecule has 0 bridgehead atoms. The lowest BCUT2D eigenvalue weighted by atomic mass is 10.1. The highest BCUT2D eigenvalue weighted by molar-refractivity contribution is 4.67. The van der Waals surface area contributed by atoms with Crippen molar-refractivity contribution in [3.63, 3.8) is 0 Å². The Balaban J connectivity index is 4.56. The van der Waals surface area contributed by atoms with E-state index in [0.717, 1.165) is 0 Å². The third kappa shape index (κ3) is 3.74. The fraction of sp³-hybridized carbons (Fsp3) is 0.667. The zero-order chi connectivity index (χ0) is 9.99. The molecule has 0 saturated carbocycles. The summed E-state index contributed by atoms with van der Waals surface area (Å²) in [4.78, 5) is 0. The lowest BCUT2D eigenvalue weighted by Crippen LogP contribution is -1.78. The summed E-state index contributed by atoms with van der Waals surface area (Å²) >= 11 is 0. The largest absolute Gasteiger partial charge is 0.103 e. The van der Waals surface area contributed by atoms with Gasteiger partial charge in [-0.3, -0.25) is 0 Å². The standard InChI is InChI=1S/C6H12/c1-4-5-6(2)3/h4,6H,1,5H2,2-3H3/i2D3,3D3. The molecule has 0 aromatic carbocycles. The van der Waals surface area contributed by atoms with Gasteiger partial charge in [0.05, 0.1) is 0 Å². The maximum absolute atomic E-state index is 6.97.